The van der Waals surface area contributed by atoms with Crippen molar-refractivity contribution in [3.8, 4) is 0 Å². The van der Waals surface area contributed by atoms with Crippen LogP contribution < -0.4 is 10.2 Å². The topological polar surface area (TPSA) is 41.0 Å². The molecule has 1 rings (SSSR count). The SMILES string of the molecule is CNc1cc(N(C)CCC(C)C)nc(C)n1. The average molecular weight is 222 g/mol. The Morgan fingerprint density at radius 1 is 1.38 bits per heavy atom. The van der Waals surface area contributed by atoms with Crippen LogP contribution in [-0.2, 0) is 0 Å². The lowest BCUT2D eigenvalue weighted by molar-refractivity contribution is 0.583. The fourth-order valence-corrected chi connectivity index (χ4v) is 1.44. The van der Waals surface area contributed by atoms with Gasteiger partial charge < -0.3 is 10.2 Å². The Labute approximate surface area is 98.1 Å². The van der Waals surface area contributed by atoms with Crippen LogP contribution in [0.3, 0.4) is 0 Å². The van der Waals surface area contributed by atoms with E-state index in [9.17, 15) is 0 Å². The van der Waals surface area contributed by atoms with Crippen LogP contribution in [0.2, 0.25) is 0 Å². The third kappa shape index (κ3) is 3.68. The second-order valence-corrected chi connectivity index (χ2v) is 4.51. The highest BCUT2D eigenvalue weighted by Gasteiger charge is 2.06. The number of hydrogen-bond acceptors (Lipinski definition) is 4. The summed E-state index contributed by atoms with van der Waals surface area (Å²) in [6.45, 7) is 7.41. The van der Waals surface area contributed by atoms with E-state index in [1.54, 1.807) is 0 Å². The fourth-order valence-electron chi connectivity index (χ4n) is 1.44. The van der Waals surface area contributed by atoms with Gasteiger partial charge in [-0.3, -0.25) is 0 Å². The zero-order valence-corrected chi connectivity index (χ0v) is 10.9. The molecule has 0 aliphatic carbocycles. The largest absolute Gasteiger partial charge is 0.373 e. The predicted molar refractivity (Wildman–Crippen MR) is 69.0 cm³/mol. The first-order valence-electron chi connectivity index (χ1n) is 5.77. The highest BCUT2D eigenvalue weighted by atomic mass is 15.2. The summed E-state index contributed by atoms with van der Waals surface area (Å²) in [5, 5.41) is 3.05. The molecule has 4 heteroatoms. The number of nitrogens with zero attached hydrogens (tertiary/aromatic N) is 3. The third-order valence-electron chi connectivity index (χ3n) is 2.51. The van der Waals surface area contributed by atoms with Crippen molar-refractivity contribution in [2.24, 2.45) is 5.92 Å². The Bertz CT molecular complexity index is 336. The summed E-state index contributed by atoms with van der Waals surface area (Å²) in [6, 6.07) is 1.98. The van der Waals surface area contributed by atoms with Crippen LogP contribution >= 0.6 is 0 Å². The van der Waals surface area contributed by atoms with Gasteiger partial charge in [0.1, 0.15) is 17.5 Å². The molecular formula is C12H22N4. The molecule has 4 nitrogen and oxygen atoms in total. The van der Waals surface area contributed by atoms with E-state index in [2.05, 4.69) is 41.1 Å². The summed E-state index contributed by atoms with van der Waals surface area (Å²) in [7, 11) is 3.95. The van der Waals surface area contributed by atoms with E-state index in [1.165, 1.54) is 6.42 Å². The molecule has 16 heavy (non-hydrogen) atoms. The second kappa shape index (κ2) is 5.68. The van der Waals surface area contributed by atoms with Gasteiger partial charge in [0.2, 0.25) is 0 Å². The maximum atomic E-state index is 4.43. The van der Waals surface area contributed by atoms with Crippen LogP contribution in [-0.4, -0.2) is 30.6 Å². The van der Waals surface area contributed by atoms with Gasteiger partial charge in [-0.2, -0.15) is 0 Å². The molecule has 0 unspecified atom stereocenters. The maximum Gasteiger partial charge on any atom is 0.134 e. The molecule has 90 valence electrons. The molecular weight excluding hydrogens is 200 g/mol. The molecule has 0 atom stereocenters. The van der Waals surface area contributed by atoms with Crippen molar-refractivity contribution >= 4 is 11.6 Å². The third-order valence-corrected chi connectivity index (χ3v) is 2.51. The van der Waals surface area contributed by atoms with Gasteiger partial charge in [-0.1, -0.05) is 13.8 Å². The van der Waals surface area contributed by atoms with E-state index in [4.69, 9.17) is 0 Å². The quantitative estimate of drug-likeness (QED) is 0.830. The Balaban J connectivity index is 2.74. The molecule has 0 bridgehead atoms. The molecule has 1 aromatic heterocycles. The standard InChI is InChI=1S/C12H22N4/c1-9(2)6-7-16(5)12-8-11(13-4)14-10(3)15-12/h8-9H,6-7H2,1-5H3,(H,13,14,15). The number of anilines is 2. The van der Waals surface area contributed by atoms with E-state index in [1.807, 2.05) is 20.0 Å². The lowest BCUT2D eigenvalue weighted by atomic mass is 10.1. The fraction of sp³-hybridized carbons (Fsp3) is 0.667. The lowest BCUT2D eigenvalue weighted by Crippen LogP contribution is -2.21. The molecule has 1 aromatic rings. The van der Waals surface area contributed by atoms with Gasteiger partial charge >= 0.3 is 0 Å². The van der Waals surface area contributed by atoms with E-state index >= 15 is 0 Å². The van der Waals surface area contributed by atoms with Crippen molar-refractivity contribution in [3.05, 3.63) is 11.9 Å². The summed E-state index contributed by atoms with van der Waals surface area (Å²) in [5.74, 6) is 3.38. The van der Waals surface area contributed by atoms with E-state index in [-0.39, 0.29) is 0 Å². The van der Waals surface area contributed by atoms with E-state index in [0.717, 1.165) is 24.0 Å². The van der Waals surface area contributed by atoms with Crippen molar-refractivity contribution in [1.29, 1.82) is 0 Å². The van der Waals surface area contributed by atoms with Crippen LogP contribution in [0.5, 0.6) is 0 Å². The van der Waals surface area contributed by atoms with Crippen LogP contribution in [0.4, 0.5) is 11.6 Å². The molecule has 0 aromatic carbocycles. The zero-order chi connectivity index (χ0) is 12.1. The molecule has 0 saturated heterocycles. The normalized spacial score (nSPS) is 10.6. The van der Waals surface area contributed by atoms with Crippen LogP contribution in [0, 0.1) is 12.8 Å². The number of nitrogens with one attached hydrogen (secondary N) is 1. The Kier molecular flexibility index (Phi) is 4.52. The molecule has 0 aliphatic heterocycles. The van der Waals surface area contributed by atoms with Gasteiger partial charge in [-0.25, -0.2) is 9.97 Å². The van der Waals surface area contributed by atoms with Gasteiger partial charge in [0, 0.05) is 26.7 Å². The van der Waals surface area contributed by atoms with Gasteiger partial charge in [0.15, 0.2) is 0 Å². The summed E-state index contributed by atoms with van der Waals surface area (Å²) < 4.78 is 0. The minimum absolute atomic E-state index is 0.717. The highest BCUT2D eigenvalue weighted by molar-refractivity contribution is 5.48. The van der Waals surface area contributed by atoms with Gasteiger partial charge in [0.05, 0.1) is 0 Å². The van der Waals surface area contributed by atoms with Gasteiger partial charge in [-0.15, -0.1) is 0 Å². The van der Waals surface area contributed by atoms with Crippen molar-refractivity contribution in [2.75, 3.05) is 30.9 Å². The van der Waals surface area contributed by atoms with Crippen LogP contribution in [0.1, 0.15) is 26.1 Å². The van der Waals surface area contributed by atoms with Crippen molar-refractivity contribution in [3.63, 3.8) is 0 Å². The molecule has 0 radical (unpaired) electrons. The van der Waals surface area contributed by atoms with Crippen molar-refractivity contribution < 1.29 is 0 Å². The lowest BCUT2D eigenvalue weighted by Gasteiger charge is -2.20. The van der Waals surface area contributed by atoms with Gasteiger partial charge in [0.25, 0.3) is 0 Å². The predicted octanol–water partition coefficient (Wildman–Crippen LogP) is 2.31. The first kappa shape index (κ1) is 12.7. The smallest absolute Gasteiger partial charge is 0.134 e. The highest BCUT2D eigenvalue weighted by Crippen LogP contribution is 2.15. The summed E-state index contributed by atoms with van der Waals surface area (Å²) in [5.41, 5.74) is 0. The first-order valence-corrected chi connectivity index (χ1v) is 5.77. The second-order valence-electron chi connectivity index (χ2n) is 4.51. The molecule has 0 aliphatic rings. The molecule has 0 spiro atoms. The van der Waals surface area contributed by atoms with Crippen LogP contribution in [0.15, 0.2) is 6.07 Å². The number of aryl methyl sites for hydroxylation is 1. The van der Waals surface area contributed by atoms with Crippen molar-refractivity contribution in [1.82, 2.24) is 9.97 Å². The molecule has 0 saturated carbocycles. The zero-order valence-electron chi connectivity index (χ0n) is 10.9. The van der Waals surface area contributed by atoms with Gasteiger partial charge in [-0.05, 0) is 19.3 Å². The molecule has 1 N–H and O–H groups in total. The Morgan fingerprint density at radius 3 is 2.62 bits per heavy atom. The van der Waals surface area contributed by atoms with Crippen LogP contribution in [0.25, 0.3) is 0 Å². The Hall–Kier alpha value is -1.32. The van der Waals surface area contributed by atoms with E-state index < -0.39 is 0 Å². The molecule has 0 amide bonds. The van der Waals surface area contributed by atoms with Crippen molar-refractivity contribution in [2.45, 2.75) is 27.2 Å². The average Bonchev–Trinajstić information content (AvgIpc) is 2.24. The first-order chi connectivity index (χ1) is 7.52. The minimum Gasteiger partial charge on any atom is -0.373 e. The summed E-state index contributed by atoms with van der Waals surface area (Å²) in [4.78, 5) is 10.9. The van der Waals surface area contributed by atoms with E-state index in [0.29, 0.717) is 5.92 Å². The molecule has 1 heterocycles. The Morgan fingerprint density at radius 2 is 2.06 bits per heavy atom. The minimum atomic E-state index is 0.717. The summed E-state index contributed by atoms with van der Waals surface area (Å²) in [6.07, 6.45) is 1.18. The monoisotopic (exact) mass is 222 g/mol. The maximum absolute atomic E-state index is 4.43. The number of aromatic nitrogens is 2. The number of hydrogen-bond donors (Lipinski definition) is 1. The number of rotatable bonds is 5. The molecule has 0 fully saturated rings. The summed E-state index contributed by atoms with van der Waals surface area (Å²) >= 11 is 0.